The molecule has 0 bridgehead atoms. The predicted octanol–water partition coefficient (Wildman–Crippen LogP) is 1.60. The van der Waals surface area contributed by atoms with Crippen LogP contribution in [0, 0.1) is 5.92 Å². The predicted molar refractivity (Wildman–Crippen MR) is 71.6 cm³/mol. The molecular formula is C15H19NO3. The van der Waals surface area contributed by atoms with E-state index in [1.807, 2.05) is 24.3 Å². The van der Waals surface area contributed by atoms with Crippen molar-refractivity contribution in [1.82, 2.24) is 4.90 Å². The summed E-state index contributed by atoms with van der Waals surface area (Å²) in [5, 5.41) is 0. The number of fused-ring (bicyclic) bond motifs is 1. The van der Waals surface area contributed by atoms with Crippen LogP contribution in [0.4, 0.5) is 0 Å². The fourth-order valence-corrected chi connectivity index (χ4v) is 2.73. The molecule has 102 valence electrons. The molecule has 0 aromatic heterocycles. The van der Waals surface area contributed by atoms with E-state index in [-0.39, 0.29) is 11.7 Å². The van der Waals surface area contributed by atoms with Gasteiger partial charge in [0.15, 0.2) is 5.78 Å². The van der Waals surface area contributed by atoms with Crippen LogP contribution < -0.4 is 4.74 Å². The van der Waals surface area contributed by atoms with Gasteiger partial charge >= 0.3 is 0 Å². The third-order valence-electron chi connectivity index (χ3n) is 3.83. The van der Waals surface area contributed by atoms with Crippen LogP contribution in [0.3, 0.4) is 0 Å². The van der Waals surface area contributed by atoms with Gasteiger partial charge in [-0.2, -0.15) is 0 Å². The largest absolute Gasteiger partial charge is 0.493 e. The van der Waals surface area contributed by atoms with Crippen LogP contribution in [0.1, 0.15) is 16.8 Å². The second-order valence-corrected chi connectivity index (χ2v) is 5.11. The third kappa shape index (κ3) is 2.80. The van der Waals surface area contributed by atoms with Gasteiger partial charge in [-0.05, 0) is 18.6 Å². The summed E-state index contributed by atoms with van der Waals surface area (Å²) in [4.78, 5) is 14.9. The van der Waals surface area contributed by atoms with Crippen LogP contribution in [0.5, 0.6) is 5.75 Å². The summed E-state index contributed by atoms with van der Waals surface area (Å²) in [6.45, 7) is 4.83. The molecule has 3 rings (SSSR count). The van der Waals surface area contributed by atoms with E-state index in [1.165, 1.54) is 0 Å². The number of ketones is 1. The highest BCUT2D eigenvalue weighted by atomic mass is 16.5. The molecule has 4 nitrogen and oxygen atoms in total. The van der Waals surface area contributed by atoms with E-state index in [0.717, 1.165) is 50.6 Å². The number of ether oxygens (including phenoxy) is 2. The normalized spacial score (nSPS) is 24.4. The standard InChI is InChI=1S/C15H19NO3/c17-15-12(11-16-6-9-18-10-7-16)5-8-19-14-4-2-1-3-13(14)15/h1-4,12H,5-11H2. The Bertz CT molecular complexity index is 454. The summed E-state index contributed by atoms with van der Waals surface area (Å²) >= 11 is 0. The summed E-state index contributed by atoms with van der Waals surface area (Å²) in [6.07, 6.45) is 0.796. The van der Waals surface area contributed by atoms with E-state index >= 15 is 0 Å². The van der Waals surface area contributed by atoms with Gasteiger partial charge in [0, 0.05) is 25.6 Å². The SMILES string of the molecule is O=C1c2ccccc2OCCC1CN1CCOCC1. The minimum Gasteiger partial charge on any atom is -0.493 e. The number of hydrogen-bond acceptors (Lipinski definition) is 4. The van der Waals surface area contributed by atoms with E-state index in [4.69, 9.17) is 9.47 Å². The van der Waals surface area contributed by atoms with Crippen molar-refractivity contribution in [3.05, 3.63) is 29.8 Å². The van der Waals surface area contributed by atoms with Crippen molar-refractivity contribution in [3.8, 4) is 5.75 Å². The van der Waals surface area contributed by atoms with E-state index in [2.05, 4.69) is 4.90 Å². The van der Waals surface area contributed by atoms with Gasteiger partial charge in [0.2, 0.25) is 0 Å². The first-order valence-corrected chi connectivity index (χ1v) is 6.91. The number of carbonyl (C=O) groups excluding carboxylic acids is 1. The molecule has 0 spiro atoms. The maximum absolute atomic E-state index is 12.6. The summed E-state index contributed by atoms with van der Waals surface area (Å²) in [5.74, 6) is 0.998. The van der Waals surface area contributed by atoms with Crippen LogP contribution >= 0.6 is 0 Å². The van der Waals surface area contributed by atoms with Gasteiger partial charge in [-0.3, -0.25) is 9.69 Å². The fraction of sp³-hybridized carbons (Fsp3) is 0.533. The molecule has 1 aromatic carbocycles. The van der Waals surface area contributed by atoms with E-state index in [9.17, 15) is 4.79 Å². The number of para-hydroxylation sites is 1. The first-order valence-electron chi connectivity index (χ1n) is 6.91. The Morgan fingerprint density at radius 2 is 1.95 bits per heavy atom. The van der Waals surface area contributed by atoms with E-state index in [0.29, 0.717) is 6.61 Å². The second kappa shape index (κ2) is 5.72. The van der Waals surface area contributed by atoms with Crippen LogP contribution in [0.15, 0.2) is 24.3 Å². The molecule has 0 aliphatic carbocycles. The Balaban J connectivity index is 1.74. The molecule has 4 heteroatoms. The van der Waals surface area contributed by atoms with Gasteiger partial charge in [-0.1, -0.05) is 12.1 Å². The quantitative estimate of drug-likeness (QED) is 0.810. The van der Waals surface area contributed by atoms with Crippen molar-refractivity contribution in [2.45, 2.75) is 6.42 Å². The van der Waals surface area contributed by atoms with Crippen LogP contribution in [-0.4, -0.2) is 50.1 Å². The monoisotopic (exact) mass is 261 g/mol. The molecule has 1 fully saturated rings. The highest BCUT2D eigenvalue weighted by molar-refractivity contribution is 6.00. The topological polar surface area (TPSA) is 38.8 Å². The van der Waals surface area contributed by atoms with Gasteiger partial charge in [-0.25, -0.2) is 0 Å². The van der Waals surface area contributed by atoms with Crippen molar-refractivity contribution in [2.75, 3.05) is 39.5 Å². The van der Waals surface area contributed by atoms with Gasteiger partial charge in [0.1, 0.15) is 5.75 Å². The van der Waals surface area contributed by atoms with E-state index in [1.54, 1.807) is 0 Å². The van der Waals surface area contributed by atoms with Crippen molar-refractivity contribution in [1.29, 1.82) is 0 Å². The summed E-state index contributed by atoms with van der Waals surface area (Å²) in [7, 11) is 0. The number of hydrogen-bond donors (Lipinski definition) is 0. The molecule has 2 aliphatic rings. The average molecular weight is 261 g/mol. The fourth-order valence-electron chi connectivity index (χ4n) is 2.73. The summed E-state index contributed by atoms with van der Waals surface area (Å²) in [6, 6.07) is 7.56. The minimum atomic E-state index is 0.0433. The molecule has 19 heavy (non-hydrogen) atoms. The second-order valence-electron chi connectivity index (χ2n) is 5.11. The highest BCUT2D eigenvalue weighted by Gasteiger charge is 2.28. The van der Waals surface area contributed by atoms with Crippen LogP contribution in [0.25, 0.3) is 0 Å². The molecule has 2 heterocycles. The Labute approximate surface area is 113 Å². The first-order chi connectivity index (χ1) is 9.34. The zero-order valence-electron chi connectivity index (χ0n) is 11.0. The highest BCUT2D eigenvalue weighted by Crippen LogP contribution is 2.27. The van der Waals surface area contributed by atoms with Crippen molar-refractivity contribution >= 4 is 5.78 Å². The maximum atomic E-state index is 12.6. The Hall–Kier alpha value is -1.39. The smallest absolute Gasteiger partial charge is 0.171 e. The maximum Gasteiger partial charge on any atom is 0.171 e. The molecule has 1 atom stereocenters. The van der Waals surface area contributed by atoms with Gasteiger partial charge < -0.3 is 9.47 Å². The average Bonchev–Trinajstić information content (AvgIpc) is 2.61. The molecule has 1 aromatic rings. The molecule has 0 amide bonds. The molecule has 0 saturated carbocycles. The molecule has 0 N–H and O–H groups in total. The van der Waals surface area contributed by atoms with Crippen molar-refractivity contribution in [2.24, 2.45) is 5.92 Å². The lowest BCUT2D eigenvalue weighted by Crippen LogP contribution is -2.41. The van der Waals surface area contributed by atoms with Crippen LogP contribution in [0.2, 0.25) is 0 Å². The van der Waals surface area contributed by atoms with Gasteiger partial charge in [0.05, 0.1) is 25.4 Å². The Morgan fingerprint density at radius 3 is 2.79 bits per heavy atom. The van der Waals surface area contributed by atoms with Crippen LogP contribution in [-0.2, 0) is 4.74 Å². The molecule has 1 unspecified atom stereocenters. The number of benzene rings is 1. The number of carbonyl (C=O) groups is 1. The number of Topliss-reactive ketones (excluding diaryl/α,β-unsaturated/α-hetero) is 1. The molecule has 0 radical (unpaired) electrons. The molecular weight excluding hydrogens is 242 g/mol. The zero-order valence-corrected chi connectivity index (χ0v) is 11.0. The van der Waals surface area contributed by atoms with Gasteiger partial charge in [0.25, 0.3) is 0 Å². The molecule has 2 aliphatic heterocycles. The lowest BCUT2D eigenvalue weighted by Gasteiger charge is -2.29. The summed E-state index contributed by atoms with van der Waals surface area (Å²) in [5.41, 5.74) is 0.734. The van der Waals surface area contributed by atoms with E-state index < -0.39 is 0 Å². The van der Waals surface area contributed by atoms with Crippen molar-refractivity contribution < 1.29 is 14.3 Å². The Morgan fingerprint density at radius 1 is 1.16 bits per heavy atom. The molecule has 1 saturated heterocycles. The minimum absolute atomic E-state index is 0.0433. The lowest BCUT2D eigenvalue weighted by atomic mass is 9.94. The lowest BCUT2D eigenvalue weighted by molar-refractivity contribution is 0.0291. The number of morpholine rings is 1. The zero-order chi connectivity index (χ0) is 13.1. The van der Waals surface area contributed by atoms with Gasteiger partial charge in [-0.15, -0.1) is 0 Å². The summed E-state index contributed by atoms with van der Waals surface area (Å²) < 4.78 is 11.0. The number of rotatable bonds is 2. The number of nitrogens with zero attached hydrogens (tertiary/aromatic N) is 1. The first kappa shape index (κ1) is 12.6. The Kier molecular flexibility index (Phi) is 3.80. The third-order valence-corrected chi connectivity index (χ3v) is 3.83. The van der Waals surface area contributed by atoms with Crippen molar-refractivity contribution in [3.63, 3.8) is 0 Å².